The number of nitrogens with zero attached hydrogens (tertiary/aromatic N) is 1. The van der Waals surface area contributed by atoms with Gasteiger partial charge in [-0.1, -0.05) is 18.2 Å². The molecule has 2 atom stereocenters. The van der Waals surface area contributed by atoms with E-state index in [9.17, 15) is 19.5 Å². The van der Waals surface area contributed by atoms with Crippen LogP contribution in [0.4, 0.5) is 0 Å². The first kappa shape index (κ1) is 16.8. The molecule has 2 N–H and O–H groups in total. The molecule has 2 aliphatic heterocycles. The highest BCUT2D eigenvalue weighted by Gasteiger charge is 2.53. The van der Waals surface area contributed by atoms with Crippen molar-refractivity contribution in [3.63, 3.8) is 0 Å². The molecule has 6 nitrogen and oxygen atoms in total. The highest BCUT2D eigenvalue weighted by molar-refractivity contribution is 8.00. The van der Waals surface area contributed by atoms with Gasteiger partial charge in [0, 0.05) is 10.6 Å². The van der Waals surface area contributed by atoms with E-state index in [2.05, 4.69) is 5.32 Å². The number of fused-ring (bicyclic) bond motifs is 1. The van der Waals surface area contributed by atoms with Crippen LogP contribution in [0.2, 0.25) is 0 Å². The van der Waals surface area contributed by atoms with Gasteiger partial charge in [-0.25, -0.2) is 4.79 Å². The van der Waals surface area contributed by atoms with Crippen LogP contribution in [-0.2, 0) is 20.8 Å². The third-order valence-electron chi connectivity index (χ3n) is 3.80. The Kier molecular flexibility index (Phi) is 4.77. The van der Waals surface area contributed by atoms with Gasteiger partial charge in [0.15, 0.2) is 0 Å². The molecule has 3 rings (SSSR count). The summed E-state index contributed by atoms with van der Waals surface area (Å²) < 4.78 is 0. The van der Waals surface area contributed by atoms with Crippen molar-refractivity contribution in [1.82, 2.24) is 10.2 Å². The van der Waals surface area contributed by atoms with E-state index in [0.29, 0.717) is 11.3 Å². The van der Waals surface area contributed by atoms with E-state index in [0.717, 1.165) is 4.88 Å². The van der Waals surface area contributed by atoms with Crippen LogP contribution in [0.3, 0.4) is 0 Å². The maximum atomic E-state index is 12.4. The summed E-state index contributed by atoms with van der Waals surface area (Å²) in [7, 11) is 0. The third kappa shape index (κ3) is 2.99. The molecule has 3 heterocycles. The smallest absolute Gasteiger partial charge is 0.352 e. The van der Waals surface area contributed by atoms with Crippen LogP contribution in [0.5, 0.6) is 0 Å². The molecule has 0 saturated carbocycles. The summed E-state index contributed by atoms with van der Waals surface area (Å²) in [5.41, 5.74) is 0.633. The molecule has 0 radical (unpaired) electrons. The van der Waals surface area contributed by atoms with Crippen LogP contribution in [-0.4, -0.2) is 45.0 Å². The molecule has 2 amide bonds. The number of carbonyl (C=O) groups excluding carboxylic acids is 2. The lowest BCUT2D eigenvalue weighted by Crippen LogP contribution is -2.70. The highest BCUT2D eigenvalue weighted by Crippen LogP contribution is 2.40. The van der Waals surface area contributed by atoms with Crippen LogP contribution >= 0.6 is 23.1 Å². The van der Waals surface area contributed by atoms with Crippen molar-refractivity contribution in [3.8, 4) is 0 Å². The van der Waals surface area contributed by atoms with E-state index in [1.807, 2.05) is 17.5 Å². The summed E-state index contributed by atoms with van der Waals surface area (Å²) >= 11 is 2.95. The van der Waals surface area contributed by atoms with Gasteiger partial charge >= 0.3 is 5.97 Å². The topological polar surface area (TPSA) is 86.7 Å². The molecule has 0 aromatic carbocycles. The Hall–Kier alpha value is -2.06. The predicted octanol–water partition coefficient (Wildman–Crippen LogP) is 1.61. The van der Waals surface area contributed by atoms with Gasteiger partial charge in [-0.2, -0.15) is 0 Å². The Morgan fingerprint density at radius 2 is 2.29 bits per heavy atom. The maximum Gasteiger partial charge on any atom is 0.352 e. The van der Waals surface area contributed by atoms with Gasteiger partial charge in [0.1, 0.15) is 17.1 Å². The summed E-state index contributed by atoms with van der Waals surface area (Å²) in [6.07, 6.45) is 3.69. The zero-order chi connectivity index (χ0) is 17.3. The second-order valence-electron chi connectivity index (χ2n) is 5.39. The average molecular weight is 364 g/mol. The molecular weight excluding hydrogens is 348 g/mol. The van der Waals surface area contributed by atoms with E-state index in [1.165, 1.54) is 28.0 Å². The molecule has 2 aliphatic rings. The first-order chi connectivity index (χ1) is 11.5. The zero-order valence-electron chi connectivity index (χ0n) is 12.9. The number of thiophene rings is 1. The lowest BCUT2D eigenvalue weighted by molar-refractivity contribution is -0.150. The minimum atomic E-state index is -1.12. The zero-order valence-corrected chi connectivity index (χ0v) is 14.5. The fourth-order valence-corrected chi connectivity index (χ4v) is 4.79. The Morgan fingerprint density at radius 1 is 1.50 bits per heavy atom. The first-order valence-electron chi connectivity index (χ1n) is 7.38. The Balaban J connectivity index is 1.72. The van der Waals surface area contributed by atoms with Crippen molar-refractivity contribution in [1.29, 1.82) is 0 Å². The fraction of sp³-hybridized carbons (Fsp3) is 0.312. The van der Waals surface area contributed by atoms with Crippen molar-refractivity contribution < 1.29 is 19.5 Å². The van der Waals surface area contributed by atoms with E-state index >= 15 is 0 Å². The van der Waals surface area contributed by atoms with Crippen LogP contribution in [0.15, 0.2) is 40.9 Å². The van der Waals surface area contributed by atoms with Crippen LogP contribution in [0, 0.1) is 0 Å². The van der Waals surface area contributed by atoms with E-state index < -0.39 is 12.0 Å². The van der Waals surface area contributed by atoms with Crippen LogP contribution in [0.1, 0.15) is 11.8 Å². The number of amides is 2. The number of allylic oxidation sites excluding steroid dienone is 2. The minimum absolute atomic E-state index is 0.0191. The number of carboxylic acid groups (broad SMARTS) is 1. The van der Waals surface area contributed by atoms with Crippen molar-refractivity contribution in [2.45, 2.75) is 24.8 Å². The molecule has 24 heavy (non-hydrogen) atoms. The van der Waals surface area contributed by atoms with Gasteiger partial charge in [-0.15, -0.1) is 23.1 Å². The molecule has 1 saturated heterocycles. The third-order valence-corrected chi connectivity index (χ3v) is 5.98. The molecule has 1 aromatic heterocycles. The minimum Gasteiger partial charge on any atom is -0.477 e. The molecular formula is C16H16N2O4S2. The van der Waals surface area contributed by atoms with Gasteiger partial charge in [0.2, 0.25) is 5.91 Å². The molecule has 0 unspecified atom stereocenters. The number of hydrogen-bond donors (Lipinski definition) is 2. The molecule has 1 aromatic rings. The number of hydrogen-bond acceptors (Lipinski definition) is 5. The SMILES string of the molecule is CC=CC1=C(C(=O)O)N2C(=O)[C@@H](NC(=O)Cc3cccs3)[C@@H]2SC1. The van der Waals surface area contributed by atoms with Gasteiger partial charge in [-0.05, 0) is 23.9 Å². The molecule has 1 fully saturated rings. The summed E-state index contributed by atoms with van der Waals surface area (Å²) in [6.45, 7) is 1.80. The second kappa shape index (κ2) is 6.82. The number of rotatable bonds is 5. The number of carbonyl (C=O) groups is 3. The van der Waals surface area contributed by atoms with E-state index in [4.69, 9.17) is 0 Å². The quantitative estimate of drug-likeness (QED) is 0.775. The summed E-state index contributed by atoms with van der Waals surface area (Å²) in [6, 6.07) is 3.07. The molecule has 0 aliphatic carbocycles. The van der Waals surface area contributed by atoms with Gasteiger partial charge in [-0.3, -0.25) is 14.5 Å². The molecule has 126 valence electrons. The average Bonchev–Trinajstić information content (AvgIpc) is 3.05. The van der Waals surface area contributed by atoms with Gasteiger partial charge in [0.05, 0.1) is 6.42 Å². The van der Waals surface area contributed by atoms with Crippen molar-refractivity contribution >= 4 is 40.9 Å². The Bertz CT molecular complexity index is 739. The number of β-lactam (4-membered cyclic amide) rings is 1. The number of nitrogens with one attached hydrogen (secondary N) is 1. The second-order valence-corrected chi connectivity index (χ2v) is 7.53. The van der Waals surface area contributed by atoms with Crippen LogP contribution < -0.4 is 5.32 Å². The Morgan fingerprint density at radius 3 is 2.92 bits per heavy atom. The summed E-state index contributed by atoms with van der Waals surface area (Å²) in [4.78, 5) is 38.2. The van der Waals surface area contributed by atoms with Gasteiger partial charge in [0.25, 0.3) is 5.91 Å². The summed E-state index contributed by atoms with van der Waals surface area (Å²) in [5.74, 6) is -1.22. The van der Waals surface area contributed by atoms with Crippen molar-refractivity contribution in [3.05, 3.63) is 45.8 Å². The van der Waals surface area contributed by atoms with E-state index in [-0.39, 0.29) is 29.3 Å². The van der Waals surface area contributed by atoms with Crippen molar-refractivity contribution in [2.24, 2.45) is 0 Å². The number of thioether (sulfide) groups is 1. The Labute approximate surface area is 147 Å². The maximum absolute atomic E-state index is 12.4. The molecule has 0 bridgehead atoms. The normalized spacial score (nSPS) is 23.2. The largest absolute Gasteiger partial charge is 0.477 e. The highest BCUT2D eigenvalue weighted by atomic mass is 32.2. The molecule has 0 spiro atoms. The fourth-order valence-electron chi connectivity index (χ4n) is 2.77. The monoisotopic (exact) mass is 364 g/mol. The van der Waals surface area contributed by atoms with Crippen LogP contribution in [0.25, 0.3) is 0 Å². The number of aliphatic carboxylic acids is 1. The standard InChI is InChI=1S/C16H16N2O4S2/c1-2-4-9-8-24-15-12(14(20)18(15)13(9)16(21)22)17-11(19)7-10-5-3-6-23-10/h2-6,12,15H,7-8H2,1H3,(H,17,19)(H,21,22)/t12-,15+/m1/s1. The number of carboxylic acids is 1. The van der Waals surface area contributed by atoms with Gasteiger partial charge < -0.3 is 10.4 Å². The lowest BCUT2D eigenvalue weighted by Gasteiger charge is -2.49. The molecule has 8 heteroatoms. The lowest BCUT2D eigenvalue weighted by atomic mass is 10.0. The summed E-state index contributed by atoms with van der Waals surface area (Å²) in [5, 5.41) is 13.7. The first-order valence-corrected chi connectivity index (χ1v) is 9.31. The van der Waals surface area contributed by atoms with E-state index in [1.54, 1.807) is 19.1 Å². The van der Waals surface area contributed by atoms with Crippen molar-refractivity contribution in [2.75, 3.05) is 5.75 Å². The predicted molar refractivity (Wildman–Crippen MR) is 92.5 cm³/mol.